The summed E-state index contributed by atoms with van der Waals surface area (Å²) in [4.78, 5) is 0.212. The molecular formula is C22H23ClNO7S+. The minimum atomic E-state index is -4.19. The van der Waals surface area contributed by atoms with E-state index in [1.54, 1.807) is 24.3 Å². The van der Waals surface area contributed by atoms with Gasteiger partial charge in [-0.05, 0) is 24.6 Å². The maximum absolute atomic E-state index is 12.9. The molecule has 2 aliphatic heterocycles. The molecule has 0 radical (unpaired) electrons. The third-order valence-corrected chi connectivity index (χ3v) is 7.00. The van der Waals surface area contributed by atoms with Crippen molar-refractivity contribution in [3.63, 3.8) is 0 Å². The molecule has 2 bridgehead atoms. The van der Waals surface area contributed by atoms with Crippen molar-refractivity contribution in [1.82, 2.24) is 0 Å². The van der Waals surface area contributed by atoms with Crippen molar-refractivity contribution in [3.8, 4) is 0 Å². The number of aryl methyl sites for hydroxylation is 1. The number of halogens is 1. The number of aromatic nitrogens is 1. The number of benzene rings is 2. The van der Waals surface area contributed by atoms with E-state index in [2.05, 4.69) is 29.0 Å². The van der Waals surface area contributed by atoms with Crippen LogP contribution in [0.2, 0.25) is 0 Å². The van der Waals surface area contributed by atoms with Gasteiger partial charge in [0.05, 0.1) is 10.8 Å². The molecule has 10 heteroatoms. The fraction of sp³-hybridized carbons (Fsp3) is 0.227. The van der Waals surface area contributed by atoms with Crippen LogP contribution in [0.4, 0.5) is 0 Å². The number of hydrogen-bond acceptors (Lipinski definition) is 7. The van der Waals surface area contributed by atoms with Crippen molar-refractivity contribution in [1.29, 1.82) is 0 Å². The summed E-state index contributed by atoms with van der Waals surface area (Å²) in [6, 6.07) is 21.3. The van der Waals surface area contributed by atoms with Crippen LogP contribution in [0.3, 0.4) is 0 Å². The van der Waals surface area contributed by atoms with E-state index >= 15 is 0 Å². The molecule has 1 aromatic heterocycles. The van der Waals surface area contributed by atoms with Gasteiger partial charge in [0.25, 0.3) is 10.1 Å². The van der Waals surface area contributed by atoms with Gasteiger partial charge in [-0.1, -0.05) is 48.0 Å². The van der Waals surface area contributed by atoms with Crippen molar-refractivity contribution < 1.29 is 46.0 Å². The normalized spacial score (nSPS) is 21.7. The van der Waals surface area contributed by atoms with Crippen molar-refractivity contribution in [3.05, 3.63) is 95.3 Å². The van der Waals surface area contributed by atoms with Gasteiger partial charge in [-0.2, -0.15) is 13.0 Å². The third kappa shape index (κ3) is 4.69. The molecule has 3 aromatic rings. The van der Waals surface area contributed by atoms with Crippen LogP contribution in [0, 0.1) is 17.2 Å². The molecule has 3 heterocycles. The summed E-state index contributed by atoms with van der Waals surface area (Å²) in [5.74, 6) is -0.0902. The van der Waals surface area contributed by atoms with E-state index in [0.717, 1.165) is 11.3 Å². The second-order valence-corrected chi connectivity index (χ2v) is 10.2. The van der Waals surface area contributed by atoms with E-state index in [-0.39, 0.29) is 16.9 Å². The Morgan fingerprint density at radius 2 is 1.56 bits per heavy atom. The van der Waals surface area contributed by atoms with Gasteiger partial charge in [0.2, 0.25) is 0 Å². The Kier molecular flexibility index (Phi) is 6.08. The molecule has 8 nitrogen and oxygen atoms in total. The maximum atomic E-state index is 12.9. The summed E-state index contributed by atoms with van der Waals surface area (Å²) in [5, 5.41) is 0. The first-order valence-corrected chi connectivity index (χ1v) is 12.5. The zero-order chi connectivity index (χ0) is 23.1. The van der Waals surface area contributed by atoms with Crippen LogP contribution in [0.5, 0.6) is 0 Å². The van der Waals surface area contributed by atoms with E-state index in [0.29, 0.717) is 6.42 Å². The molecule has 3 atom stereocenters. The molecule has 0 spiro atoms. The average Bonchev–Trinajstić information content (AvgIpc) is 2.73. The SMILES string of the molecule is Cc1ccc(S(=O)(=O)OC2CC3c4ccccc4C2c2cccc[n+]23)cc1.[O-][Cl+](O)(O)O. The van der Waals surface area contributed by atoms with E-state index in [4.69, 9.17) is 22.8 Å². The molecule has 0 saturated heterocycles. The molecule has 1 aliphatic carbocycles. The topological polar surface area (TPSA) is 131 Å². The van der Waals surface area contributed by atoms with E-state index < -0.39 is 26.5 Å². The second kappa shape index (κ2) is 8.53. The van der Waals surface area contributed by atoms with Crippen LogP contribution in [0.25, 0.3) is 0 Å². The van der Waals surface area contributed by atoms with Crippen molar-refractivity contribution in [2.24, 2.45) is 0 Å². The summed E-state index contributed by atoms with van der Waals surface area (Å²) in [6.07, 6.45) is 2.32. The average molecular weight is 481 g/mol. The van der Waals surface area contributed by atoms with Gasteiger partial charge < -0.3 is 0 Å². The Balaban J connectivity index is 0.000000444. The Bertz CT molecular complexity index is 1170. The molecule has 3 N–H and O–H groups in total. The first-order valence-electron chi connectivity index (χ1n) is 9.79. The van der Waals surface area contributed by atoms with Gasteiger partial charge in [-0.25, -0.2) is 0 Å². The minimum absolute atomic E-state index is 0.0902. The summed E-state index contributed by atoms with van der Waals surface area (Å²) in [6.45, 7) is 1.93. The predicted molar refractivity (Wildman–Crippen MR) is 108 cm³/mol. The van der Waals surface area contributed by atoms with E-state index in [9.17, 15) is 8.42 Å². The molecule has 3 unspecified atom stereocenters. The number of hydrogen-bond donors (Lipinski definition) is 3. The first-order chi connectivity index (χ1) is 15.0. The molecule has 170 valence electrons. The van der Waals surface area contributed by atoms with Crippen LogP contribution >= 0.6 is 0 Å². The second-order valence-electron chi connectivity index (χ2n) is 7.73. The number of rotatable bonds is 3. The quantitative estimate of drug-likeness (QED) is 0.370. The Hall–Kier alpha value is -2.37. The Morgan fingerprint density at radius 3 is 2.22 bits per heavy atom. The summed E-state index contributed by atoms with van der Waals surface area (Å²) < 4.78 is 64.1. The van der Waals surface area contributed by atoms with Gasteiger partial charge in [0.1, 0.15) is 6.10 Å². The monoisotopic (exact) mass is 480 g/mol. The van der Waals surface area contributed by atoms with Crippen molar-refractivity contribution in [2.75, 3.05) is 0 Å². The van der Waals surface area contributed by atoms with Crippen LogP contribution in [-0.2, 0) is 14.3 Å². The Labute approximate surface area is 187 Å². The van der Waals surface area contributed by atoms with E-state index in [1.807, 2.05) is 31.2 Å². The number of nitrogens with zero attached hydrogens (tertiary/aromatic N) is 1. The zero-order valence-corrected chi connectivity index (χ0v) is 18.6. The number of pyridine rings is 1. The summed E-state index contributed by atoms with van der Waals surface area (Å²) in [7, 11) is -8.01. The van der Waals surface area contributed by atoms with Gasteiger partial charge >= 0.3 is 28.9 Å². The summed E-state index contributed by atoms with van der Waals surface area (Å²) in [5.41, 5.74) is 4.56. The molecular weight excluding hydrogens is 458 g/mol. The molecule has 6 rings (SSSR count). The van der Waals surface area contributed by atoms with Gasteiger partial charge in [-0.15, -0.1) is 0 Å². The summed E-state index contributed by atoms with van der Waals surface area (Å²) >= 11 is 0. The van der Waals surface area contributed by atoms with Crippen LogP contribution < -0.4 is 9.23 Å². The predicted octanol–water partition coefficient (Wildman–Crippen LogP) is 0.635. The fourth-order valence-electron chi connectivity index (χ4n) is 4.43. The van der Waals surface area contributed by atoms with Crippen molar-refractivity contribution >= 4 is 10.1 Å². The van der Waals surface area contributed by atoms with Gasteiger partial charge in [0, 0.05) is 24.1 Å². The molecule has 32 heavy (non-hydrogen) atoms. The molecule has 0 fully saturated rings. The van der Waals surface area contributed by atoms with Crippen LogP contribution in [-0.4, -0.2) is 28.5 Å². The standard InChI is InChI=1S/C22H20NO3S.ClH3O4/c1-15-9-11-16(12-10-15)27(24,25)26-21-14-20-17-6-2-3-7-18(17)22(21)19-8-4-5-13-23(19)20;2-1(3,4)5/h2-13,20-22H,14H2,1H3;2-4H/q+1;. The molecule has 0 saturated carbocycles. The Morgan fingerprint density at radius 1 is 0.969 bits per heavy atom. The molecule has 2 aromatic carbocycles. The van der Waals surface area contributed by atoms with E-state index in [1.165, 1.54) is 11.1 Å². The van der Waals surface area contributed by atoms with Crippen LogP contribution in [0.15, 0.2) is 77.8 Å². The molecule has 3 aliphatic rings. The fourth-order valence-corrected chi connectivity index (χ4v) is 5.52. The van der Waals surface area contributed by atoms with Crippen LogP contribution in [0.1, 0.15) is 40.8 Å². The van der Waals surface area contributed by atoms with Crippen molar-refractivity contribution in [2.45, 2.75) is 36.3 Å². The molecule has 0 amide bonds. The number of fused-ring (bicyclic) bond motifs is 1. The van der Waals surface area contributed by atoms with Gasteiger partial charge in [0.15, 0.2) is 17.9 Å². The van der Waals surface area contributed by atoms with Gasteiger partial charge in [-0.3, -0.25) is 4.18 Å². The zero-order valence-electron chi connectivity index (χ0n) is 17.1. The third-order valence-electron chi connectivity index (χ3n) is 5.65. The first kappa shape index (κ1) is 22.8.